The Labute approximate surface area is 464 Å². The van der Waals surface area contributed by atoms with Gasteiger partial charge in [0.1, 0.15) is 11.2 Å². The number of aryl methyl sites for hydroxylation is 1. The molecule has 4 nitrogen and oxygen atoms in total. The maximum absolute atomic E-state index is 6.51. The maximum atomic E-state index is 6.51. The smallest absolute Gasteiger partial charge is 0.252 e. The fraction of sp³-hybridized carbons (Fsp3) is 0.342. The molecule has 3 aliphatic heterocycles. The molecule has 2 atom stereocenters. The van der Waals surface area contributed by atoms with Crippen LogP contribution in [0.5, 0.6) is 0 Å². The second kappa shape index (κ2) is 16.5. The predicted octanol–water partition coefficient (Wildman–Crippen LogP) is 18.3. The highest BCUT2D eigenvalue weighted by Crippen LogP contribution is 2.63. The molecule has 0 amide bonds. The fourth-order valence-electron chi connectivity index (χ4n) is 15.4. The first-order chi connectivity index (χ1) is 37.1. The minimum Gasteiger partial charge on any atom is -0.456 e. The molecule has 9 aromatic rings. The molecule has 0 N–H and O–H groups in total. The average Bonchev–Trinajstić information content (AvgIpc) is 2.80. The molecule has 8 aromatic carbocycles. The molecule has 78 heavy (non-hydrogen) atoms. The van der Waals surface area contributed by atoms with Crippen molar-refractivity contribution in [1.82, 2.24) is 0 Å². The van der Waals surface area contributed by atoms with Crippen LogP contribution in [0, 0.1) is 6.92 Å². The molecule has 5 heteroatoms. The van der Waals surface area contributed by atoms with Gasteiger partial charge in [0.25, 0.3) is 6.71 Å². The van der Waals surface area contributed by atoms with Crippen molar-refractivity contribution < 1.29 is 4.42 Å². The van der Waals surface area contributed by atoms with Crippen molar-refractivity contribution in [2.24, 2.45) is 0 Å². The summed E-state index contributed by atoms with van der Waals surface area (Å²) in [6, 6.07) is 59.1. The summed E-state index contributed by atoms with van der Waals surface area (Å²) in [6.07, 6.45) is 7.18. The van der Waals surface area contributed by atoms with Crippen molar-refractivity contribution >= 4 is 90.5 Å². The Bertz CT molecular complexity index is 3980. The Morgan fingerprint density at radius 3 is 1.92 bits per heavy atom. The molecule has 0 bridgehead atoms. The van der Waals surface area contributed by atoms with E-state index in [9.17, 15) is 0 Å². The fourth-order valence-corrected chi connectivity index (χ4v) is 15.4. The average molecular weight is 1020 g/mol. The van der Waals surface area contributed by atoms with Crippen molar-refractivity contribution in [3.05, 3.63) is 185 Å². The van der Waals surface area contributed by atoms with E-state index in [1.807, 2.05) is 0 Å². The number of hydrogen-bond acceptors (Lipinski definition) is 4. The largest absolute Gasteiger partial charge is 0.456 e. The quantitative estimate of drug-likeness (QED) is 0.160. The molecule has 2 unspecified atom stereocenters. The Morgan fingerprint density at radius 2 is 1.15 bits per heavy atom. The molecule has 14 rings (SSSR count). The number of para-hydroxylation sites is 1. The van der Waals surface area contributed by atoms with E-state index >= 15 is 0 Å². The van der Waals surface area contributed by atoms with Crippen LogP contribution in [0.4, 0.5) is 45.5 Å². The summed E-state index contributed by atoms with van der Waals surface area (Å²) in [7, 11) is 0. The first-order valence-electron chi connectivity index (χ1n) is 29.2. The topological polar surface area (TPSA) is 22.9 Å². The summed E-state index contributed by atoms with van der Waals surface area (Å²) in [6.45, 7) is 31.6. The molecule has 1 saturated carbocycles. The first kappa shape index (κ1) is 49.3. The summed E-state index contributed by atoms with van der Waals surface area (Å²) in [5.74, 6) is 0. The minimum absolute atomic E-state index is 0.00305. The third-order valence-electron chi connectivity index (χ3n) is 20.2. The van der Waals surface area contributed by atoms with Crippen molar-refractivity contribution in [2.45, 2.75) is 161 Å². The molecule has 4 heterocycles. The van der Waals surface area contributed by atoms with Crippen LogP contribution in [0.2, 0.25) is 0 Å². The minimum atomic E-state index is -0.0789. The summed E-state index contributed by atoms with van der Waals surface area (Å²) in [5, 5.41) is 2.26. The number of benzene rings is 8. The SMILES string of the molecule is Cc1cc2c3c(c1)N1c4c(cc(C(C)(C)C)cc4C4(C)CCCCC14C)B3c1ccc(N(c3ccc4c(c3)C(C)(C)CCC4(C)C)c3ccc4oc5ccccc5c4c3)cc1N2c1ccc(C(C)(C)C)cc1-c1ccccc1. The molecule has 392 valence electrons. The zero-order chi connectivity index (χ0) is 54.2. The van der Waals surface area contributed by atoms with Gasteiger partial charge in [-0.25, -0.2) is 0 Å². The van der Waals surface area contributed by atoms with Gasteiger partial charge in [-0.1, -0.05) is 168 Å². The normalized spacial score (nSPS) is 20.6. The third kappa shape index (κ3) is 7.04. The van der Waals surface area contributed by atoms with Gasteiger partial charge in [0.15, 0.2) is 0 Å². The van der Waals surface area contributed by atoms with Gasteiger partial charge in [0.05, 0.1) is 11.2 Å². The van der Waals surface area contributed by atoms with E-state index in [1.54, 1.807) is 5.56 Å². The van der Waals surface area contributed by atoms with Gasteiger partial charge in [-0.3, -0.25) is 0 Å². The molecule has 1 fully saturated rings. The van der Waals surface area contributed by atoms with Gasteiger partial charge >= 0.3 is 0 Å². The van der Waals surface area contributed by atoms with Crippen LogP contribution in [0.15, 0.2) is 156 Å². The second-order valence-electron chi connectivity index (χ2n) is 28.0. The zero-order valence-corrected chi connectivity index (χ0v) is 48.5. The zero-order valence-electron chi connectivity index (χ0n) is 48.5. The number of anilines is 8. The lowest BCUT2D eigenvalue weighted by Gasteiger charge is -2.53. The number of rotatable bonds is 5. The first-order valence-corrected chi connectivity index (χ1v) is 29.2. The molecule has 5 aliphatic rings. The Morgan fingerprint density at radius 1 is 0.500 bits per heavy atom. The van der Waals surface area contributed by atoms with Crippen LogP contribution in [0.1, 0.15) is 155 Å². The molecular weight excluding hydrogens is 946 g/mol. The van der Waals surface area contributed by atoms with Gasteiger partial charge in [-0.05, 0) is 189 Å². The number of hydrogen-bond donors (Lipinski definition) is 0. The van der Waals surface area contributed by atoms with E-state index < -0.39 is 0 Å². The van der Waals surface area contributed by atoms with Gasteiger partial charge < -0.3 is 19.1 Å². The number of nitrogens with zero attached hydrogens (tertiary/aromatic N) is 3. The van der Waals surface area contributed by atoms with E-state index in [0.717, 1.165) is 39.7 Å². The molecular formula is C73H76BN3O. The Hall–Kier alpha value is -6.98. The molecule has 2 aliphatic carbocycles. The Kier molecular flexibility index (Phi) is 10.5. The summed E-state index contributed by atoms with van der Waals surface area (Å²) < 4.78 is 6.51. The third-order valence-corrected chi connectivity index (χ3v) is 20.2. The second-order valence-corrected chi connectivity index (χ2v) is 28.0. The van der Waals surface area contributed by atoms with Crippen LogP contribution in [-0.2, 0) is 27.1 Å². The lowest BCUT2D eigenvalue weighted by Crippen LogP contribution is -2.64. The number of fused-ring (bicyclic) bond motifs is 11. The summed E-state index contributed by atoms with van der Waals surface area (Å²) in [5.41, 5.74) is 26.9. The molecule has 0 radical (unpaired) electrons. The summed E-state index contributed by atoms with van der Waals surface area (Å²) >= 11 is 0. The lowest BCUT2D eigenvalue weighted by atomic mass is 9.33. The molecule has 0 spiro atoms. The van der Waals surface area contributed by atoms with Crippen LogP contribution >= 0.6 is 0 Å². The lowest BCUT2D eigenvalue weighted by molar-refractivity contribution is 0.195. The standard InChI is InChI=1S/C73H76BN3O/c1-45-37-62-66-63(38-45)77-67-57(72(12)33-19-20-34-73(72,77)13)40-48(69(5,6)7)41-59(67)74(66)58-30-27-51(44-61(58)76(62)60-31-25-47(68(2,3)4)39-53(60)46-21-15-14-16-22-46)75(49-28-32-65-54(42-49)52-23-17-18-24-64(52)78-65)50-26-29-55-56(43-50)71(10,11)36-35-70(55,8)9/h14-18,21-32,37-44H,19-20,33-36H2,1-13H3. The van der Waals surface area contributed by atoms with Crippen molar-refractivity contribution in [3.63, 3.8) is 0 Å². The van der Waals surface area contributed by atoms with E-state index in [-0.39, 0.29) is 39.3 Å². The number of furan rings is 1. The maximum Gasteiger partial charge on any atom is 0.252 e. The van der Waals surface area contributed by atoms with Crippen LogP contribution in [-0.4, -0.2) is 12.3 Å². The highest BCUT2D eigenvalue weighted by atomic mass is 16.3. The Balaban J connectivity index is 1.09. The van der Waals surface area contributed by atoms with Crippen molar-refractivity contribution in [2.75, 3.05) is 14.7 Å². The molecule has 0 saturated heterocycles. The van der Waals surface area contributed by atoms with E-state index in [2.05, 4.69) is 256 Å². The van der Waals surface area contributed by atoms with E-state index in [1.165, 1.54) is 122 Å². The van der Waals surface area contributed by atoms with Gasteiger partial charge in [0, 0.05) is 61.6 Å². The van der Waals surface area contributed by atoms with Gasteiger partial charge in [-0.2, -0.15) is 0 Å². The van der Waals surface area contributed by atoms with Crippen LogP contribution in [0.25, 0.3) is 33.1 Å². The van der Waals surface area contributed by atoms with Crippen molar-refractivity contribution in [1.29, 1.82) is 0 Å². The van der Waals surface area contributed by atoms with Crippen LogP contribution in [0.3, 0.4) is 0 Å². The molecule has 1 aromatic heterocycles. The van der Waals surface area contributed by atoms with Gasteiger partial charge in [-0.15, -0.1) is 0 Å². The highest BCUT2D eigenvalue weighted by molar-refractivity contribution is 7.00. The predicted molar refractivity (Wildman–Crippen MR) is 333 cm³/mol. The van der Waals surface area contributed by atoms with Crippen LogP contribution < -0.4 is 31.1 Å². The van der Waals surface area contributed by atoms with E-state index in [0.29, 0.717) is 0 Å². The highest BCUT2D eigenvalue weighted by Gasteiger charge is 2.61. The summed E-state index contributed by atoms with van der Waals surface area (Å²) in [4.78, 5) is 8.13. The van der Waals surface area contributed by atoms with Crippen molar-refractivity contribution in [3.8, 4) is 11.1 Å². The monoisotopic (exact) mass is 1020 g/mol. The van der Waals surface area contributed by atoms with E-state index in [4.69, 9.17) is 4.42 Å². The van der Waals surface area contributed by atoms with Gasteiger partial charge in [0.2, 0.25) is 0 Å².